The summed E-state index contributed by atoms with van der Waals surface area (Å²) in [6.45, 7) is 0.605. The van der Waals surface area contributed by atoms with E-state index < -0.39 is 5.82 Å². The Labute approximate surface area is 118 Å². The average Bonchev–Trinajstić information content (AvgIpc) is 2.44. The number of amides is 1. The third-order valence-electron chi connectivity index (χ3n) is 3.06. The van der Waals surface area contributed by atoms with Gasteiger partial charge in [-0.1, -0.05) is 6.07 Å². The van der Waals surface area contributed by atoms with E-state index in [9.17, 15) is 9.18 Å². The summed E-state index contributed by atoms with van der Waals surface area (Å²) in [6, 6.07) is 4.63. The molecule has 1 aromatic rings. The minimum absolute atomic E-state index is 0.0986. The number of methoxy groups -OCH3 is 2. The maximum atomic E-state index is 13.6. The largest absolute Gasteiger partial charge is 0.494 e. The van der Waals surface area contributed by atoms with Crippen LogP contribution in [0.2, 0.25) is 0 Å². The highest BCUT2D eigenvalue weighted by Gasteiger charge is 2.16. The Morgan fingerprint density at radius 1 is 1.45 bits per heavy atom. The van der Waals surface area contributed by atoms with Gasteiger partial charge in [0.2, 0.25) is 5.91 Å². The molecule has 0 aliphatic heterocycles. The first-order chi connectivity index (χ1) is 9.51. The van der Waals surface area contributed by atoms with Crippen LogP contribution >= 0.6 is 0 Å². The van der Waals surface area contributed by atoms with Crippen molar-refractivity contribution in [2.75, 3.05) is 27.8 Å². The molecular formula is C14H21FN2O3. The van der Waals surface area contributed by atoms with Gasteiger partial charge in [-0.05, 0) is 17.7 Å². The van der Waals surface area contributed by atoms with Crippen molar-refractivity contribution in [1.29, 1.82) is 0 Å². The van der Waals surface area contributed by atoms with Crippen molar-refractivity contribution < 1.29 is 18.7 Å². The molecule has 20 heavy (non-hydrogen) atoms. The maximum absolute atomic E-state index is 13.6. The average molecular weight is 284 g/mol. The Balaban J connectivity index is 2.63. The van der Waals surface area contributed by atoms with Crippen LogP contribution in [0.15, 0.2) is 18.2 Å². The lowest BCUT2D eigenvalue weighted by molar-refractivity contribution is -0.132. The SMILES string of the molecule is COc1ccc(CN(C)C(=O)CC(CN)OC)cc1F. The second-order valence-electron chi connectivity index (χ2n) is 4.52. The number of nitrogens with zero attached hydrogens (tertiary/aromatic N) is 1. The molecule has 0 aliphatic rings. The Morgan fingerprint density at radius 3 is 2.65 bits per heavy atom. The van der Waals surface area contributed by atoms with E-state index in [0.29, 0.717) is 12.1 Å². The monoisotopic (exact) mass is 284 g/mol. The molecule has 6 heteroatoms. The molecule has 2 N–H and O–H groups in total. The first-order valence-corrected chi connectivity index (χ1v) is 6.31. The Morgan fingerprint density at radius 2 is 2.15 bits per heavy atom. The molecule has 1 unspecified atom stereocenters. The van der Waals surface area contributed by atoms with Crippen molar-refractivity contribution in [2.24, 2.45) is 5.73 Å². The van der Waals surface area contributed by atoms with Crippen molar-refractivity contribution in [3.05, 3.63) is 29.6 Å². The van der Waals surface area contributed by atoms with E-state index >= 15 is 0 Å². The molecule has 0 aliphatic carbocycles. The first-order valence-electron chi connectivity index (χ1n) is 6.31. The van der Waals surface area contributed by atoms with Gasteiger partial charge >= 0.3 is 0 Å². The fourth-order valence-corrected chi connectivity index (χ4v) is 1.78. The van der Waals surface area contributed by atoms with Gasteiger partial charge in [-0.2, -0.15) is 0 Å². The van der Waals surface area contributed by atoms with E-state index in [0.717, 1.165) is 0 Å². The summed E-state index contributed by atoms with van der Waals surface area (Å²) < 4.78 is 23.5. The molecule has 112 valence electrons. The maximum Gasteiger partial charge on any atom is 0.225 e. The number of nitrogens with two attached hydrogens (primary N) is 1. The number of rotatable bonds is 7. The molecule has 0 radical (unpaired) electrons. The summed E-state index contributed by atoms with van der Waals surface area (Å²) in [5.74, 6) is -0.355. The highest BCUT2D eigenvalue weighted by Crippen LogP contribution is 2.18. The lowest BCUT2D eigenvalue weighted by Gasteiger charge is -2.20. The van der Waals surface area contributed by atoms with Crippen molar-refractivity contribution in [1.82, 2.24) is 4.90 Å². The molecule has 0 bridgehead atoms. The minimum Gasteiger partial charge on any atom is -0.494 e. The van der Waals surface area contributed by atoms with Gasteiger partial charge in [0, 0.05) is 27.2 Å². The van der Waals surface area contributed by atoms with Gasteiger partial charge in [-0.15, -0.1) is 0 Å². The number of ether oxygens (including phenoxy) is 2. The Bertz CT molecular complexity index is 450. The number of carbonyl (C=O) groups excluding carboxylic acids is 1. The number of hydrogen-bond acceptors (Lipinski definition) is 4. The van der Waals surface area contributed by atoms with E-state index in [1.54, 1.807) is 19.2 Å². The summed E-state index contributed by atoms with van der Waals surface area (Å²) in [5.41, 5.74) is 6.17. The van der Waals surface area contributed by atoms with Crippen molar-refractivity contribution in [3.63, 3.8) is 0 Å². The zero-order valence-electron chi connectivity index (χ0n) is 12.1. The molecule has 0 spiro atoms. The molecule has 0 fully saturated rings. The summed E-state index contributed by atoms with van der Waals surface area (Å²) in [6.07, 6.45) is -0.0835. The van der Waals surface area contributed by atoms with E-state index in [-0.39, 0.29) is 30.7 Å². The minimum atomic E-state index is -0.442. The molecule has 0 heterocycles. The van der Waals surface area contributed by atoms with Crippen molar-refractivity contribution >= 4 is 5.91 Å². The van der Waals surface area contributed by atoms with Gasteiger partial charge in [0.25, 0.3) is 0 Å². The van der Waals surface area contributed by atoms with Crippen LogP contribution in [0.1, 0.15) is 12.0 Å². The lowest BCUT2D eigenvalue weighted by atomic mass is 10.1. The molecule has 5 nitrogen and oxygen atoms in total. The molecule has 0 saturated heterocycles. The van der Waals surface area contributed by atoms with Gasteiger partial charge in [0.05, 0.1) is 19.6 Å². The second-order valence-corrected chi connectivity index (χ2v) is 4.52. The van der Waals surface area contributed by atoms with Crippen LogP contribution < -0.4 is 10.5 Å². The van der Waals surface area contributed by atoms with E-state index in [1.165, 1.54) is 25.2 Å². The third kappa shape index (κ3) is 4.47. The summed E-state index contributed by atoms with van der Waals surface area (Å²) in [4.78, 5) is 13.5. The highest BCUT2D eigenvalue weighted by atomic mass is 19.1. The summed E-state index contributed by atoms with van der Waals surface area (Å²) >= 11 is 0. The van der Waals surface area contributed by atoms with E-state index in [4.69, 9.17) is 15.2 Å². The number of halogens is 1. The zero-order chi connectivity index (χ0) is 15.1. The summed E-state index contributed by atoms with van der Waals surface area (Å²) in [5, 5.41) is 0. The fourth-order valence-electron chi connectivity index (χ4n) is 1.78. The highest BCUT2D eigenvalue weighted by molar-refractivity contribution is 5.76. The molecule has 1 aromatic carbocycles. The van der Waals surface area contributed by atoms with Gasteiger partial charge in [-0.25, -0.2) is 4.39 Å². The molecule has 0 aromatic heterocycles. The van der Waals surface area contributed by atoms with Gasteiger partial charge in [0.1, 0.15) is 0 Å². The summed E-state index contributed by atoms with van der Waals surface area (Å²) in [7, 11) is 4.59. The fraction of sp³-hybridized carbons (Fsp3) is 0.500. The van der Waals surface area contributed by atoms with Crippen molar-refractivity contribution in [3.8, 4) is 5.75 Å². The van der Waals surface area contributed by atoms with Crippen LogP contribution in [-0.4, -0.2) is 44.7 Å². The van der Waals surface area contributed by atoms with Crippen LogP contribution in [0, 0.1) is 5.82 Å². The van der Waals surface area contributed by atoms with E-state index in [2.05, 4.69) is 0 Å². The normalized spacial score (nSPS) is 12.1. The van der Waals surface area contributed by atoms with Crippen LogP contribution in [0.3, 0.4) is 0 Å². The van der Waals surface area contributed by atoms with Crippen molar-refractivity contribution in [2.45, 2.75) is 19.1 Å². The lowest BCUT2D eigenvalue weighted by Crippen LogP contribution is -2.33. The standard InChI is InChI=1S/C14H21FN2O3/c1-17(14(18)7-11(8-16)19-2)9-10-4-5-13(20-3)12(15)6-10/h4-6,11H,7-9,16H2,1-3H3. The predicted molar refractivity (Wildman–Crippen MR) is 73.9 cm³/mol. The third-order valence-corrected chi connectivity index (χ3v) is 3.06. The van der Waals surface area contributed by atoms with Crippen LogP contribution in [0.25, 0.3) is 0 Å². The first kappa shape index (κ1) is 16.4. The quantitative estimate of drug-likeness (QED) is 0.816. The van der Waals surface area contributed by atoms with Crippen LogP contribution in [0.5, 0.6) is 5.75 Å². The number of carbonyl (C=O) groups is 1. The van der Waals surface area contributed by atoms with Gasteiger partial charge in [0.15, 0.2) is 11.6 Å². The number of benzene rings is 1. The second kappa shape index (κ2) is 7.81. The van der Waals surface area contributed by atoms with Gasteiger partial charge in [-0.3, -0.25) is 4.79 Å². The molecule has 1 rings (SSSR count). The molecule has 0 saturated carbocycles. The van der Waals surface area contributed by atoms with E-state index in [1.807, 2.05) is 0 Å². The Kier molecular flexibility index (Phi) is 6.41. The van der Waals surface area contributed by atoms with Crippen LogP contribution in [-0.2, 0) is 16.1 Å². The zero-order valence-corrected chi connectivity index (χ0v) is 12.1. The van der Waals surface area contributed by atoms with Gasteiger partial charge < -0.3 is 20.1 Å². The molecular weight excluding hydrogens is 263 g/mol. The molecule has 1 amide bonds. The van der Waals surface area contributed by atoms with Crippen LogP contribution in [0.4, 0.5) is 4.39 Å². The number of hydrogen-bond donors (Lipinski definition) is 1. The predicted octanol–water partition coefficient (Wildman–Crippen LogP) is 1.16. The topological polar surface area (TPSA) is 64.8 Å². The smallest absolute Gasteiger partial charge is 0.225 e. The molecule has 1 atom stereocenters. The Hall–Kier alpha value is -1.66.